The Morgan fingerprint density at radius 3 is 2.19 bits per heavy atom. The van der Waals surface area contributed by atoms with Crippen molar-refractivity contribution >= 4 is 34.8 Å². The number of rotatable bonds is 5. The molecule has 0 aliphatic carbocycles. The van der Waals surface area contributed by atoms with Crippen molar-refractivity contribution in [1.29, 1.82) is 0 Å². The molecular formula is C20H19N5O2. The molecule has 7 nitrogen and oxygen atoms in total. The van der Waals surface area contributed by atoms with Crippen LogP contribution < -0.4 is 16.0 Å². The first kappa shape index (κ1) is 18.1. The van der Waals surface area contributed by atoms with Gasteiger partial charge in [0.2, 0.25) is 11.9 Å². The second-order valence-corrected chi connectivity index (χ2v) is 6.00. The van der Waals surface area contributed by atoms with E-state index in [1.807, 2.05) is 37.3 Å². The highest BCUT2D eigenvalue weighted by molar-refractivity contribution is 6.03. The molecule has 0 bridgehead atoms. The van der Waals surface area contributed by atoms with Crippen molar-refractivity contribution in [3.63, 3.8) is 0 Å². The number of anilines is 4. The highest BCUT2D eigenvalue weighted by atomic mass is 16.2. The molecule has 27 heavy (non-hydrogen) atoms. The van der Waals surface area contributed by atoms with Crippen molar-refractivity contribution in [3.05, 3.63) is 72.1 Å². The summed E-state index contributed by atoms with van der Waals surface area (Å²) in [6, 6.07) is 14.7. The molecule has 0 spiro atoms. The van der Waals surface area contributed by atoms with Gasteiger partial charge in [0.05, 0.1) is 5.56 Å². The summed E-state index contributed by atoms with van der Waals surface area (Å²) in [6.07, 6.45) is 2.91. The van der Waals surface area contributed by atoms with Crippen LogP contribution in [0.2, 0.25) is 0 Å². The van der Waals surface area contributed by atoms with E-state index in [9.17, 15) is 9.59 Å². The number of hydrogen-bond acceptors (Lipinski definition) is 5. The number of hydrogen-bond donors (Lipinski definition) is 3. The van der Waals surface area contributed by atoms with E-state index < -0.39 is 0 Å². The van der Waals surface area contributed by atoms with E-state index in [1.165, 1.54) is 19.3 Å². The lowest BCUT2D eigenvalue weighted by molar-refractivity contribution is -0.114. The van der Waals surface area contributed by atoms with Gasteiger partial charge in [-0.15, -0.1) is 0 Å². The van der Waals surface area contributed by atoms with Crippen LogP contribution in [0.3, 0.4) is 0 Å². The summed E-state index contributed by atoms with van der Waals surface area (Å²) in [7, 11) is 0. The summed E-state index contributed by atoms with van der Waals surface area (Å²) >= 11 is 0. The monoisotopic (exact) mass is 361 g/mol. The molecule has 3 aromatic rings. The molecule has 0 saturated heterocycles. The molecule has 0 aliphatic heterocycles. The van der Waals surface area contributed by atoms with Gasteiger partial charge in [-0.3, -0.25) is 9.59 Å². The Morgan fingerprint density at radius 1 is 0.852 bits per heavy atom. The van der Waals surface area contributed by atoms with Crippen LogP contribution in [0.25, 0.3) is 0 Å². The van der Waals surface area contributed by atoms with E-state index in [-0.39, 0.29) is 11.8 Å². The Kier molecular flexibility index (Phi) is 5.41. The summed E-state index contributed by atoms with van der Waals surface area (Å²) < 4.78 is 0. The lowest BCUT2D eigenvalue weighted by Gasteiger charge is -2.08. The average molecular weight is 361 g/mol. The molecule has 3 rings (SSSR count). The summed E-state index contributed by atoms with van der Waals surface area (Å²) in [4.78, 5) is 31.7. The zero-order valence-electron chi connectivity index (χ0n) is 15.0. The number of benzene rings is 2. The fraction of sp³-hybridized carbons (Fsp3) is 0.100. The maximum atomic E-state index is 12.3. The number of carbonyl (C=O) groups is 2. The molecule has 0 unspecified atom stereocenters. The molecule has 7 heteroatoms. The first-order valence-electron chi connectivity index (χ1n) is 8.34. The summed E-state index contributed by atoms with van der Waals surface area (Å²) in [5.74, 6) is -0.0766. The topological polar surface area (TPSA) is 96.0 Å². The van der Waals surface area contributed by atoms with Crippen LogP contribution in [-0.4, -0.2) is 21.8 Å². The molecule has 3 N–H and O–H groups in total. The predicted octanol–water partition coefficient (Wildman–Crippen LogP) is 3.74. The number of aryl methyl sites for hydroxylation is 1. The number of aromatic nitrogens is 2. The summed E-state index contributed by atoms with van der Waals surface area (Å²) in [6.45, 7) is 3.43. The molecule has 0 aliphatic rings. The van der Waals surface area contributed by atoms with Gasteiger partial charge < -0.3 is 16.0 Å². The normalized spacial score (nSPS) is 10.1. The van der Waals surface area contributed by atoms with Gasteiger partial charge in [0.25, 0.3) is 5.91 Å². The van der Waals surface area contributed by atoms with Crippen molar-refractivity contribution in [2.75, 3.05) is 16.0 Å². The van der Waals surface area contributed by atoms with Gasteiger partial charge in [0.1, 0.15) is 0 Å². The van der Waals surface area contributed by atoms with Gasteiger partial charge in [-0.05, 0) is 37.3 Å². The van der Waals surface area contributed by atoms with Crippen LogP contribution in [0.4, 0.5) is 23.0 Å². The largest absolute Gasteiger partial charge is 0.326 e. The molecule has 136 valence electrons. The van der Waals surface area contributed by atoms with Crippen LogP contribution in [0, 0.1) is 6.92 Å². The molecule has 2 aromatic carbocycles. The Labute approximate surface area is 156 Å². The molecule has 2 amide bonds. The maximum Gasteiger partial charge on any atom is 0.258 e. The lowest BCUT2D eigenvalue weighted by Crippen LogP contribution is -2.13. The zero-order chi connectivity index (χ0) is 19.2. The minimum Gasteiger partial charge on any atom is -0.326 e. The summed E-state index contributed by atoms with van der Waals surface area (Å²) in [5, 5.41) is 8.54. The minimum atomic E-state index is -0.280. The number of amides is 2. The van der Waals surface area contributed by atoms with Crippen molar-refractivity contribution in [2.45, 2.75) is 13.8 Å². The smallest absolute Gasteiger partial charge is 0.258 e. The Balaban J connectivity index is 1.65. The van der Waals surface area contributed by atoms with Gasteiger partial charge in [0, 0.05) is 36.4 Å². The Bertz CT molecular complexity index is 953. The first-order valence-corrected chi connectivity index (χ1v) is 8.34. The average Bonchev–Trinajstić information content (AvgIpc) is 2.64. The quantitative estimate of drug-likeness (QED) is 0.643. The molecule has 0 radical (unpaired) electrons. The minimum absolute atomic E-state index is 0.146. The van der Waals surface area contributed by atoms with E-state index in [4.69, 9.17) is 0 Å². The van der Waals surface area contributed by atoms with Crippen LogP contribution in [0.5, 0.6) is 0 Å². The van der Waals surface area contributed by atoms with Crippen LogP contribution in [0.1, 0.15) is 22.8 Å². The van der Waals surface area contributed by atoms with E-state index in [2.05, 4.69) is 25.9 Å². The van der Waals surface area contributed by atoms with Crippen molar-refractivity contribution in [2.24, 2.45) is 0 Å². The highest BCUT2D eigenvalue weighted by Crippen LogP contribution is 2.18. The highest BCUT2D eigenvalue weighted by Gasteiger charge is 2.08. The number of nitrogens with zero attached hydrogens (tertiary/aromatic N) is 2. The third-order valence-corrected chi connectivity index (χ3v) is 3.66. The van der Waals surface area contributed by atoms with Crippen LogP contribution in [0.15, 0.2) is 60.9 Å². The molecular weight excluding hydrogens is 342 g/mol. The zero-order valence-corrected chi connectivity index (χ0v) is 15.0. The van der Waals surface area contributed by atoms with Crippen molar-refractivity contribution in [1.82, 2.24) is 9.97 Å². The van der Waals surface area contributed by atoms with Gasteiger partial charge >= 0.3 is 0 Å². The predicted molar refractivity (Wildman–Crippen MR) is 105 cm³/mol. The molecule has 0 saturated carbocycles. The van der Waals surface area contributed by atoms with E-state index in [0.717, 1.165) is 11.3 Å². The fourth-order valence-corrected chi connectivity index (χ4v) is 2.36. The fourth-order valence-electron chi connectivity index (χ4n) is 2.36. The van der Waals surface area contributed by atoms with E-state index >= 15 is 0 Å². The third kappa shape index (κ3) is 5.12. The maximum absolute atomic E-state index is 12.3. The van der Waals surface area contributed by atoms with Crippen LogP contribution >= 0.6 is 0 Å². The van der Waals surface area contributed by atoms with E-state index in [1.54, 1.807) is 18.2 Å². The Morgan fingerprint density at radius 2 is 1.52 bits per heavy atom. The van der Waals surface area contributed by atoms with Gasteiger partial charge in [-0.1, -0.05) is 23.8 Å². The standard InChI is InChI=1S/C20H19N5O2/c1-13-6-8-16(9-7-13)24-19(27)15-11-21-20(22-12-15)25-18-5-3-4-17(10-18)23-14(2)26/h3-12H,1-2H3,(H,23,26)(H,24,27)(H,21,22,25). The number of carbonyl (C=O) groups excluding carboxylic acids is 2. The van der Waals surface area contributed by atoms with Gasteiger partial charge in [0.15, 0.2) is 0 Å². The van der Waals surface area contributed by atoms with E-state index in [0.29, 0.717) is 22.9 Å². The van der Waals surface area contributed by atoms with Crippen molar-refractivity contribution < 1.29 is 9.59 Å². The Hall–Kier alpha value is -3.74. The van der Waals surface area contributed by atoms with Crippen LogP contribution in [-0.2, 0) is 4.79 Å². The van der Waals surface area contributed by atoms with Gasteiger partial charge in [-0.25, -0.2) is 9.97 Å². The second-order valence-electron chi connectivity index (χ2n) is 6.00. The molecule has 0 fully saturated rings. The SMILES string of the molecule is CC(=O)Nc1cccc(Nc2ncc(C(=O)Nc3ccc(C)cc3)cn2)c1. The second kappa shape index (κ2) is 8.09. The molecule has 0 atom stereocenters. The molecule has 1 aromatic heterocycles. The van der Waals surface area contributed by atoms with Gasteiger partial charge in [-0.2, -0.15) is 0 Å². The third-order valence-electron chi connectivity index (χ3n) is 3.66. The first-order chi connectivity index (χ1) is 13.0. The van der Waals surface area contributed by atoms with Crippen molar-refractivity contribution in [3.8, 4) is 0 Å². The lowest BCUT2D eigenvalue weighted by atomic mass is 10.2. The number of nitrogens with one attached hydrogen (secondary N) is 3. The molecule has 1 heterocycles. The summed E-state index contributed by atoms with van der Waals surface area (Å²) in [5.41, 5.74) is 3.57.